The molecule has 0 bridgehead atoms. The van der Waals surface area contributed by atoms with Gasteiger partial charge in [0, 0.05) is 30.9 Å². The monoisotopic (exact) mass is 566 g/mol. The first kappa shape index (κ1) is 32.8. The summed E-state index contributed by atoms with van der Waals surface area (Å²) >= 11 is 0. The highest BCUT2D eigenvalue weighted by atomic mass is 16.7. The molecule has 9 heteroatoms. The zero-order valence-corrected chi connectivity index (χ0v) is 26.8. The van der Waals surface area contributed by atoms with E-state index in [2.05, 4.69) is 26.2 Å². The zero-order chi connectivity index (χ0) is 30.9. The third-order valence-electron chi connectivity index (χ3n) is 8.15. The van der Waals surface area contributed by atoms with Gasteiger partial charge < -0.3 is 18.8 Å². The Labute approximate surface area is 246 Å². The number of rotatable bonds is 8. The normalized spacial score (nSPS) is 17.0. The second-order valence-corrected chi connectivity index (χ2v) is 13.0. The third-order valence-corrected chi connectivity index (χ3v) is 8.15. The summed E-state index contributed by atoms with van der Waals surface area (Å²) in [6.45, 7) is 20.1. The highest BCUT2D eigenvalue weighted by Crippen LogP contribution is 2.37. The fraction of sp³-hybridized carbons (Fsp3) is 0.562. The van der Waals surface area contributed by atoms with E-state index in [1.165, 1.54) is 19.2 Å². The molecular weight excluding hydrogens is 519 g/mol. The van der Waals surface area contributed by atoms with Crippen LogP contribution in [0.25, 0.3) is 0 Å². The number of carbonyl (C=O) groups excluding carboxylic acids is 2. The predicted octanol–water partition coefficient (Wildman–Crippen LogP) is 5.51. The van der Waals surface area contributed by atoms with E-state index in [4.69, 9.17) is 18.8 Å². The maximum atomic E-state index is 13.9. The Balaban J connectivity index is 2.04. The number of amides is 2. The maximum absolute atomic E-state index is 13.9. The lowest BCUT2D eigenvalue weighted by Gasteiger charge is -2.39. The molecule has 0 radical (unpaired) electrons. The molecular formula is C32H47BN2O6. The van der Waals surface area contributed by atoms with Gasteiger partial charge >= 0.3 is 7.12 Å². The van der Waals surface area contributed by atoms with Crippen molar-refractivity contribution in [2.75, 3.05) is 14.2 Å². The quantitative estimate of drug-likeness (QED) is 0.258. The number of aryl methyl sites for hydroxylation is 2. The molecule has 2 amide bonds. The first-order valence-electron chi connectivity index (χ1n) is 14.2. The molecule has 2 aromatic rings. The van der Waals surface area contributed by atoms with Crippen LogP contribution in [0.2, 0.25) is 0 Å². The topological polar surface area (TPSA) is 86.3 Å². The second-order valence-electron chi connectivity index (χ2n) is 13.0. The molecule has 8 nitrogen and oxygen atoms in total. The first-order chi connectivity index (χ1) is 19.0. The van der Waals surface area contributed by atoms with Crippen LogP contribution in [0.4, 0.5) is 0 Å². The van der Waals surface area contributed by atoms with Crippen LogP contribution in [0.3, 0.4) is 0 Å². The molecule has 1 heterocycles. The SMILES string of the molecule is CCC(N(NC(=O)c1ccc(B2OC(C)(C)C(C)(C)O2)c(C(OC)OC)c1)C(=O)c1cc(C)cc(C)c1)C(C)(C)C. The van der Waals surface area contributed by atoms with Crippen LogP contribution in [0.15, 0.2) is 36.4 Å². The van der Waals surface area contributed by atoms with Crippen molar-refractivity contribution in [1.29, 1.82) is 0 Å². The van der Waals surface area contributed by atoms with Crippen molar-refractivity contribution in [2.24, 2.45) is 5.41 Å². The molecule has 1 saturated heterocycles. The summed E-state index contributed by atoms with van der Waals surface area (Å²) in [7, 11) is 2.40. The molecule has 224 valence electrons. The number of hydrogen-bond acceptors (Lipinski definition) is 6. The lowest BCUT2D eigenvalue weighted by atomic mass is 9.75. The van der Waals surface area contributed by atoms with Crippen LogP contribution in [0.1, 0.15) is 106 Å². The van der Waals surface area contributed by atoms with Gasteiger partial charge in [0.05, 0.1) is 17.2 Å². The van der Waals surface area contributed by atoms with Gasteiger partial charge in [-0.25, -0.2) is 5.01 Å². The van der Waals surface area contributed by atoms with E-state index in [1.54, 1.807) is 18.2 Å². The van der Waals surface area contributed by atoms with Crippen molar-refractivity contribution in [2.45, 2.75) is 99.2 Å². The Kier molecular flexibility index (Phi) is 9.80. The van der Waals surface area contributed by atoms with Crippen molar-refractivity contribution in [1.82, 2.24) is 10.4 Å². The highest BCUT2D eigenvalue weighted by Gasteiger charge is 2.52. The molecule has 0 spiro atoms. The van der Waals surface area contributed by atoms with Gasteiger partial charge in [-0.3, -0.25) is 15.0 Å². The number of ether oxygens (including phenoxy) is 2. The maximum Gasteiger partial charge on any atom is 0.495 e. The molecule has 1 unspecified atom stereocenters. The van der Waals surface area contributed by atoms with Gasteiger partial charge in [-0.05, 0) is 83.1 Å². The van der Waals surface area contributed by atoms with Gasteiger partial charge in [0.2, 0.25) is 0 Å². The standard InChI is InChI=1S/C32H47BN2O6/c1-13-26(30(4,5)6)35(28(37)23-17-20(2)16-21(3)18-23)34-27(36)22-14-15-25(24(19-22)29(38-11)39-12)33-40-31(7,8)32(9,10)41-33/h14-19,26,29H,13H2,1-12H3,(H,34,36). The van der Waals surface area contributed by atoms with Gasteiger partial charge in [0.15, 0.2) is 6.29 Å². The van der Waals surface area contributed by atoms with Gasteiger partial charge in [-0.1, -0.05) is 51.0 Å². The van der Waals surface area contributed by atoms with E-state index >= 15 is 0 Å². The summed E-state index contributed by atoms with van der Waals surface area (Å²) in [6, 6.07) is 10.7. The Bertz CT molecular complexity index is 1230. The van der Waals surface area contributed by atoms with Gasteiger partial charge in [0.25, 0.3) is 11.8 Å². The molecule has 1 aliphatic rings. The van der Waals surface area contributed by atoms with Crippen LogP contribution >= 0.6 is 0 Å². The number of benzene rings is 2. The average Bonchev–Trinajstić information content (AvgIpc) is 3.08. The van der Waals surface area contributed by atoms with E-state index in [0.29, 0.717) is 28.6 Å². The number of hydrazine groups is 1. The smallest absolute Gasteiger partial charge is 0.399 e. The van der Waals surface area contributed by atoms with Crippen molar-refractivity contribution in [3.8, 4) is 0 Å². The minimum atomic E-state index is -0.761. The fourth-order valence-corrected chi connectivity index (χ4v) is 5.32. The second kappa shape index (κ2) is 12.3. The van der Waals surface area contributed by atoms with E-state index in [-0.39, 0.29) is 17.4 Å². The molecule has 1 aliphatic heterocycles. The molecule has 0 aromatic heterocycles. The largest absolute Gasteiger partial charge is 0.495 e. The molecule has 41 heavy (non-hydrogen) atoms. The molecule has 3 rings (SSSR count). The van der Waals surface area contributed by atoms with Gasteiger partial charge in [-0.2, -0.15) is 0 Å². The summed E-state index contributed by atoms with van der Waals surface area (Å²) in [6.07, 6.45) is -0.107. The Morgan fingerprint density at radius 2 is 1.46 bits per heavy atom. The van der Waals surface area contributed by atoms with E-state index in [9.17, 15) is 9.59 Å². The van der Waals surface area contributed by atoms with Crippen LogP contribution in [-0.2, 0) is 18.8 Å². The van der Waals surface area contributed by atoms with E-state index in [1.807, 2.05) is 66.7 Å². The Morgan fingerprint density at radius 3 is 1.93 bits per heavy atom. The first-order valence-corrected chi connectivity index (χ1v) is 14.2. The number of nitrogens with one attached hydrogen (secondary N) is 1. The number of methoxy groups -OCH3 is 2. The number of carbonyl (C=O) groups is 2. The third kappa shape index (κ3) is 7.03. The molecule has 0 saturated carbocycles. The zero-order valence-electron chi connectivity index (χ0n) is 26.8. The van der Waals surface area contributed by atoms with Gasteiger partial charge in [-0.15, -0.1) is 0 Å². The summed E-state index contributed by atoms with van der Waals surface area (Å²) in [5.74, 6) is -0.675. The lowest BCUT2D eigenvalue weighted by molar-refractivity contribution is -0.105. The summed E-state index contributed by atoms with van der Waals surface area (Å²) in [4.78, 5) is 27.7. The van der Waals surface area contributed by atoms with E-state index < -0.39 is 30.5 Å². The van der Waals surface area contributed by atoms with Crippen LogP contribution < -0.4 is 10.9 Å². The average molecular weight is 567 g/mol. The van der Waals surface area contributed by atoms with E-state index in [0.717, 1.165) is 11.1 Å². The number of nitrogens with zero attached hydrogens (tertiary/aromatic N) is 1. The molecule has 1 N–H and O–H groups in total. The highest BCUT2D eigenvalue weighted by molar-refractivity contribution is 6.62. The van der Waals surface area contributed by atoms with Crippen LogP contribution in [0.5, 0.6) is 0 Å². The molecule has 2 aromatic carbocycles. The lowest BCUT2D eigenvalue weighted by Crippen LogP contribution is -2.56. The molecule has 1 fully saturated rings. The summed E-state index contributed by atoms with van der Waals surface area (Å²) in [5, 5.41) is 1.49. The van der Waals surface area contributed by atoms with Crippen molar-refractivity contribution >= 4 is 24.4 Å². The minimum Gasteiger partial charge on any atom is -0.399 e. The van der Waals surface area contributed by atoms with Crippen LogP contribution in [0, 0.1) is 19.3 Å². The van der Waals surface area contributed by atoms with Crippen molar-refractivity contribution in [3.05, 3.63) is 64.2 Å². The van der Waals surface area contributed by atoms with Gasteiger partial charge in [0.1, 0.15) is 0 Å². The molecule has 1 atom stereocenters. The molecule has 0 aliphatic carbocycles. The fourth-order valence-electron chi connectivity index (χ4n) is 5.32. The Hall–Kier alpha value is -2.72. The van der Waals surface area contributed by atoms with Crippen LogP contribution in [-0.4, -0.2) is 55.4 Å². The van der Waals surface area contributed by atoms with Crippen molar-refractivity contribution < 1.29 is 28.4 Å². The number of hydrogen-bond donors (Lipinski definition) is 1. The summed E-state index contributed by atoms with van der Waals surface area (Å²) in [5.41, 5.74) is 5.72. The predicted molar refractivity (Wildman–Crippen MR) is 162 cm³/mol. The minimum absolute atomic E-state index is 0.256. The Morgan fingerprint density at radius 1 is 0.927 bits per heavy atom. The summed E-state index contributed by atoms with van der Waals surface area (Å²) < 4.78 is 23.8. The van der Waals surface area contributed by atoms with Crippen molar-refractivity contribution in [3.63, 3.8) is 0 Å².